The van der Waals surface area contributed by atoms with Gasteiger partial charge in [-0.15, -0.1) is 0 Å². The summed E-state index contributed by atoms with van der Waals surface area (Å²) in [7, 11) is 0. The summed E-state index contributed by atoms with van der Waals surface area (Å²) in [6, 6.07) is 0.00926. The highest BCUT2D eigenvalue weighted by atomic mass is 16.1. The molecule has 0 aromatic rings. The molecule has 0 heterocycles. The van der Waals surface area contributed by atoms with E-state index in [2.05, 4.69) is 0 Å². The van der Waals surface area contributed by atoms with Gasteiger partial charge in [0.1, 0.15) is 0 Å². The van der Waals surface area contributed by atoms with E-state index in [0.717, 1.165) is 25.7 Å². The van der Waals surface area contributed by atoms with Crippen molar-refractivity contribution < 1.29 is 4.79 Å². The van der Waals surface area contributed by atoms with Gasteiger partial charge in [0.15, 0.2) is 0 Å². The molecule has 0 aliphatic heterocycles. The van der Waals surface area contributed by atoms with Crippen molar-refractivity contribution in [3.63, 3.8) is 0 Å². The Hall–Kier alpha value is -0.570. The van der Waals surface area contributed by atoms with Crippen molar-refractivity contribution in [3.8, 4) is 0 Å². The zero-order valence-corrected chi connectivity index (χ0v) is 6.75. The fraction of sp³-hybridized carbons (Fsp3) is 0.875. The maximum atomic E-state index is 10.9. The summed E-state index contributed by atoms with van der Waals surface area (Å²) in [5, 5.41) is 0. The van der Waals surface area contributed by atoms with Gasteiger partial charge in [0.2, 0.25) is 5.91 Å². The first-order valence-corrected chi connectivity index (χ1v) is 4.26. The molecule has 2 atom stereocenters. The lowest BCUT2D eigenvalue weighted by atomic mass is 9.95. The first kappa shape index (κ1) is 8.53. The second kappa shape index (κ2) is 3.72. The number of amides is 1. The molecular formula is C8H16N2O. The SMILES string of the molecule is NC(=O)C1CCCCCC1N. The quantitative estimate of drug-likeness (QED) is 0.539. The third-order valence-electron chi connectivity index (χ3n) is 2.43. The lowest BCUT2D eigenvalue weighted by molar-refractivity contribution is -0.122. The maximum Gasteiger partial charge on any atom is 0.222 e. The summed E-state index contributed by atoms with van der Waals surface area (Å²) in [6.45, 7) is 0. The zero-order valence-electron chi connectivity index (χ0n) is 6.75. The van der Waals surface area contributed by atoms with Crippen molar-refractivity contribution in [3.05, 3.63) is 0 Å². The highest BCUT2D eigenvalue weighted by molar-refractivity contribution is 5.77. The molecule has 3 nitrogen and oxygen atoms in total. The lowest BCUT2D eigenvalue weighted by Crippen LogP contribution is -2.38. The summed E-state index contributed by atoms with van der Waals surface area (Å²) in [5.41, 5.74) is 11.0. The molecule has 2 unspecified atom stereocenters. The summed E-state index contributed by atoms with van der Waals surface area (Å²) in [4.78, 5) is 10.9. The van der Waals surface area contributed by atoms with Crippen molar-refractivity contribution in [2.45, 2.75) is 38.1 Å². The average molecular weight is 156 g/mol. The second-order valence-electron chi connectivity index (χ2n) is 3.31. The van der Waals surface area contributed by atoms with Gasteiger partial charge in [-0.3, -0.25) is 4.79 Å². The molecule has 1 saturated carbocycles. The summed E-state index contributed by atoms with van der Waals surface area (Å²) in [6.07, 6.45) is 5.27. The predicted molar refractivity (Wildman–Crippen MR) is 43.7 cm³/mol. The minimum Gasteiger partial charge on any atom is -0.369 e. The standard InChI is InChI=1S/C8H16N2O/c9-7-5-3-1-2-4-6(7)8(10)11/h6-7H,1-5,9H2,(H2,10,11). The van der Waals surface area contributed by atoms with Crippen molar-refractivity contribution in [2.24, 2.45) is 17.4 Å². The normalized spacial score (nSPS) is 32.8. The third-order valence-corrected chi connectivity index (χ3v) is 2.43. The highest BCUT2D eigenvalue weighted by Crippen LogP contribution is 2.21. The molecule has 0 saturated heterocycles. The zero-order chi connectivity index (χ0) is 8.27. The minimum atomic E-state index is -0.223. The first-order valence-electron chi connectivity index (χ1n) is 4.26. The van der Waals surface area contributed by atoms with Crippen LogP contribution in [0.15, 0.2) is 0 Å². The van der Waals surface area contributed by atoms with Crippen LogP contribution in [0.3, 0.4) is 0 Å². The lowest BCUT2D eigenvalue weighted by Gasteiger charge is -2.16. The van der Waals surface area contributed by atoms with E-state index in [1.54, 1.807) is 0 Å². The Morgan fingerprint density at radius 2 is 1.82 bits per heavy atom. The Kier molecular flexibility index (Phi) is 2.88. The van der Waals surface area contributed by atoms with E-state index < -0.39 is 0 Å². The number of carbonyl (C=O) groups is 1. The van der Waals surface area contributed by atoms with Gasteiger partial charge < -0.3 is 11.5 Å². The molecule has 0 bridgehead atoms. The molecule has 64 valence electrons. The third kappa shape index (κ3) is 2.19. The van der Waals surface area contributed by atoms with E-state index in [-0.39, 0.29) is 17.9 Å². The van der Waals surface area contributed by atoms with Gasteiger partial charge in [-0.25, -0.2) is 0 Å². The summed E-state index contributed by atoms with van der Waals surface area (Å²) in [5.74, 6) is -0.295. The van der Waals surface area contributed by atoms with Crippen molar-refractivity contribution in [2.75, 3.05) is 0 Å². The van der Waals surface area contributed by atoms with Crippen LogP contribution < -0.4 is 11.5 Å². The van der Waals surface area contributed by atoms with Crippen LogP contribution in [0.1, 0.15) is 32.1 Å². The molecule has 0 radical (unpaired) electrons. The van der Waals surface area contributed by atoms with Gasteiger partial charge in [-0.05, 0) is 12.8 Å². The van der Waals surface area contributed by atoms with Crippen LogP contribution >= 0.6 is 0 Å². The van der Waals surface area contributed by atoms with Gasteiger partial charge in [-0.2, -0.15) is 0 Å². The van der Waals surface area contributed by atoms with Gasteiger partial charge in [-0.1, -0.05) is 19.3 Å². The van der Waals surface area contributed by atoms with Crippen molar-refractivity contribution in [1.82, 2.24) is 0 Å². The molecule has 0 aromatic heterocycles. The van der Waals surface area contributed by atoms with E-state index in [1.165, 1.54) is 6.42 Å². The molecule has 1 aliphatic rings. The fourth-order valence-electron chi connectivity index (χ4n) is 1.69. The summed E-state index contributed by atoms with van der Waals surface area (Å²) < 4.78 is 0. The number of nitrogens with two attached hydrogens (primary N) is 2. The molecule has 1 amide bonds. The van der Waals surface area contributed by atoms with Crippen LogP contribution in [-0.4, -0.2) is 11.9 Å². The molecular weight excluding hydrogens is 140 g/mol. The van der Waals surface area contributed by atoms with Gasteiger partial charge in [0, 0.05) is 6.04 Å². The van der Waals surface area contributed by atoms with Crippen LogP contribution in [0.25, 0.3) is 0 Å². The van der Waals surface area contributed by atoms with E-state index in [1.807, 2.05) is 0 Å². The maximum absolute atomic E-state index is 10.9. The first-order chi connectivity index (χ1) is 5.22. The Balaban J connectivity index is 2.52. The van der Waals surface area contributed by atoms with E-state index in [4.69, 9.17) is 11.5 Å². The van der Waals surface area contributed by atoms with Crippen molar-refractivity contribution >= 4 is 5.91 Å². The van der Waals surface area contributed by atoms with E-state index in [9.17, 15) is 4.79 Å². The van der Waals surface area contributed by atoms with Crippen LogP contribution in [0.5, 0.6) is 0 Å². The Morgan fingerprint density at radius 3 is 2.45 bits per heavy atom. The number of rotatable bonds is 1. The average Bonchev–Trinajstić information content (AvgIpc) is 2.13. The Labute approximate surface area is 67.1 Å². The molecule has 1 fully saturated rings. The number of hydrogen-bond acceptors (Lipinski definition) is 2. The smallest absolute Gasteiger partial charge is 0.222 e. The van der Waals surface area contributed by atoms with Crippen LogP contribution in [0, 0.1) is 5.92 Å². The minimum absolute atomic E-state index is 0.00926. The fourth-order valence-corrected chi connectivity index (χ4v) is 1.69. The number of primary amides is 1. The predicted octanol–water partition coefficient (Wildman–Crippen LogP) is 0.379. The Morgan fingerprint density at radius 1 is 1.18 bits per heavy atom. The molecule has 0 spiro atoms. The molecule has 1 aliphatic carbocycles. The molecule has 1 rings (SSSR count). The monoisotopic (exact) mass is 156 g/mol. The van der Waals surface area contributed by atoms with Gasteiger partial charge in [0.25, 0.3) is 0 Å². The molecule has 0 aromatic carbocycles. The van der Waals surface area contributed by atoms with Gasteiger partial charge >= 0.3 is 0 Å². The van der Waals surface area contributed by atoms with Gasteiger partial charge in [0.05, 0.1) is 5.92 Å². The summed E-state index contributed by atoms with van der Waals surface area (Å²) >= 11 is 0. The van der Waals surface area contributed by atoms with Crippen LogP contribution in [0.4, 0.5) is 0 Å². The van der Waals surface area contributed by atoms with E-state index >= 15 is 0 Å². The topological polar surface area (TPSA) is 69.1 Å². The number of carbonyl (C=O) groups excluding carboxylic acids is 1. The van der Waals surface area contributed by atoms with Crippen LogP contribution in [0.2, 0.25) is 0 Å². The Bertz CT molecular complexity index is 147. The van der Waals surface area contributed by atoms with Crippen molar-refractivity contribution in [1.29, 1.82) is 0 Å². The molecule has 4 N–H and O–H groups in total. The largest absolute Gasteiger partial charge is 0.369 e. The van der Waals surface area contributed by atoms with Crippen LogP contribution in [-0.2, 0) is 4.79 Å². The number of hydrogen-bond donors (Lipinski definition) is 2. The van der Waals surface area contributed by atoms with E-state index in [0.29, 0.717) is 0 Å². The highest BCUT2D eigenvalue weighted by Gasteiger charge is 2.24. The molecule has 3 heteroatoms. The second-order valence-corrected chi connectivity index (χ2v) is 3.31. The molecule has 11 heavy (non-hydrogen) atoms.